The average Bonchev–Trinajstić information content (AvgIpc) is 2.40. The molecule has 21 heavy (non-hydrogen) atoms. The highest BCUT2D eigenvalue weighted by Gasteiger charge is 2.18. The molecule has 0 aliphatic rings. The van der Waals surface area contributed by atoms with Crippen molar-refractivity contribution in [2.75, 3.05) is 13.7 Å². The molecule has 0 aromatic heterocycles. The lowest BCUT2D eigenvalue weighted by atomic mass is 9.92. The molecule has 1 aromatic rings. The second-order valence-corrected chi connectivity index (χ2v) is 6.74. The SMILES string of the molecule is COc1cc(CC(C)N)cc(Br)c1OCCC(C)(C)C#N. The largest absolute Gasteiger partial charge is 0.493 e. The van der Waals surface area contributed by atoms with E-state index in [1.807, 2.05) is 32.9 Å². The molecule has 0 fully saturated rings. The Kier molecular flexibility index (Phi) is 6.50. The number of rotatable bonds is 7. The highest BCUT2D eigenvalue weighted by atomic mass is 79.9. The maximum atomic E-state index is 9.02. The zero-order chi connectivity index (χ0) is 16.0. The highest BCUT2D eigenvalue weighted by Crippen LogP contribution is 2.37. The monoisotopic (exact) mass is 354 g/mol. The molecule has 0 heterocycles. The summed E-state index contributed by atoms with van der Waals surface area (Å²) in [5, 5.41) is 9.02. The van der Waals surface area contributed by atoms with Crippen LogP contribution in [-0.2, 0) is 6.42 Å². The van der Waals surface area contributed by atoms with Crippen LogP contribution in [0.15, 0.2) is 16.6 Å². The fourth-order valence-electron chi connectivity index (χ4n) is 1.87. The van der Waals surface area contributed by atoms with E-state index < -0.39 is 5.41 Å². The van der Waals surface area contributed by atoms with Gasteiger partial charge in [0.2, 0.25) is 0 Å². The van der Waals surface area contributed by atoms with Gasteiger partial charge in [-0.05, 0) is 67.2 Å². The minimum absolute atomic E-state index is 0.0878. The van der Waals surface area contributed by atoms with E-state index in [1.165, 1.54) is 0 Å². The molecule has 1 rings (SSSR count). The molecular weight excluding hydrogens is 332 g/mol. The first kappa shape index (κ1) is 17.8. The lowest BCUT2D eigenvalue weighted by molar-refractivity contribution is 0.251. The number of nitrogens with two attached hydrogens (primary N) is 1. The van der Waals surface area contributed by atoms with E-state index >= 15 is 0 Å². The second-order valence-electron chi connectivity index (χ2n) is 5.88. The lowest BCUT2D eigenvalue weighted by Crippen LogP contribution is -2.18. The minimum atomic E-state index is -0.394. The van der Waals surface area contributed by atoms with Gasteiger partial charge in [-0.2, -0.15) is 5.26 Å². The number of benzene rings is 1. The van der Waals surface area contributed by atoms with E-state index in [2.05, 4.69) is 22.0 Å². The standard InChI is InChI=1S/C16H23BrN2O2/c1-11(19)7-12-8-13(17)15(14(9-12)20-4)21-6-5-16(2,3)10-18/h8-9,11H,5-7,19H2,1-4H3. The van der Waals surface area contributed by atoms with Crippen molar-refractivity contribution < 1.29 is 9.47 Å². The molecule has 0 saturated carbocycles. The van der Waals surface area contributed by atoms with Crippen LogP contribution in [-0.4, -0.2) is 19.8 Å². The van der Waals surface area contributed by atoms with Gasteiger partial charge in [0.15, 0.2) is 11.5 Å². The van der Waals surface area contributed by atoms with Crippen molar-refractivity contribution >= 4 is 15.9 Å². The summed E-state index contributed by atoms with van der Waals surface area (Å²) in [7, 11) is 1.61. The van der Waals surface area contributed by atoms with Crippen LogP contribution < -0.4 is 15.2 Å². The van der Waals surface area contributed by atoms with Crippen LogP contribution in [0.5, 0.6) is 11.5 Å². The van der Waals surface area contributed by atoms with E-state index in [1.54, 1.807) is 7.11 Å². The van der Waals surface area contributed by atoms with Crippen LogP contribution in [0.2, 0.25) is 0 Å². The molecule has 0 aliphatic heterocycles. The van der Waals surface area contributed by atoms with E-state index in [4.69, 9.17) is 20.5 Å². The molecule has 1 aromatic carbocycles. The summed E-state index contributed by atoms with van der Waals surface area (Å²) in [6.07, 6.45) is 1.43. The lowest BCUT2D eigenvalue weighted by Gasteiger charge is -2.18. The molecule has 0 amide bonds. The third kappa shape index (κ3) is 5.56. The normalized spacial score (nSPS) is 12.6. The summed E-state index contributed by atoms with van der Waals surface area (Å²) in [6, 6.07) is 6.29. The number of ether oxygens (including phenoxy) is 2. The average molecular weight is 355 g/mol. The predicted molar refractivity (Wildman–Crippen MR) is 87.6 cm³/mol. The summed E-state index contributed by atoms with van der Waals surface area (Å²) in [4.78, 5) is 0. The Morgan fingerprint density at radius 2 is 2.10 bits per heavy atom. The van der Waals surface area contributed by atoms with Gasteiger partial charge in [0.05, 0.1) is 29.7 Å². The van der Waals surface area contributed by atoms with Crippen LogP contribution in [0, 0.1) is 16.7 Å². The fourth-order valence-corrected chi connectivity index (χ4v) is 2.47. The van der Waals surface area contributed by atoms with Crippen molar-refractivity contribution in [3.63, 3.8) is 0 Å². The maximum Gasteiger partial charge on any atom is 0.175 e. The third-order valence-corrected chi connectivity index (χ3v) is 3.71. The molecule has 1 unspecified atom stereocenters. The quantitative estimate of drug-likeness (QED) is 0.810. The van der Waals surface area contributed by atoms with Crippen LogP contribution in [0.3, 0.4) is 0 Å². The van der Waals surface area contributed by atoms with E-state index in [0.717, 1.165) is 16.5 Å². The Balaban J connectivity index is 2.85. The van der Waals surface area contributed by atoms with Gasteiger partial charge >= 0.3 is 0 Å². The Hall–Kier alpha value is -1.25. The second kappa shape index (κ2) is 7.67. The number of halogens is 1. The van der Waals surface area contributed by atoms with Crippen molar-refractivity contribution in [1.29, 1.82) is 5.26 Å². The Bertz CT molecular complexity index is 522. The Morgan fingerprint density at radius 3 is 2.62 bits per heavy atom. The van der Waals surface area contributed by atoms with Gasteiger partial charge < -0.3 is 15.2 Å². The zero-order valence-electron chi connectivity index (χ0n) is 13.1. The number of hydrogen-bond donors (Lipinski definition) is 1. The molecule has 0 aliphatic carbocycles. The highest BCUT2D eigenvalue weighted by molar-refractivity contribution is 9.10. The van der Waals surface area contributed by atoms with Crippen LogP contribution in [0.4, 0.5) is 0 Å². The summed E-state index contributed by atoms with van der Waals surface area (Å²) in [5.74, 6) is 1.34. The molecule has 2 N–H and O–H groups in total. The first-order valence-corrected chi connectivity index (χ1v) is 7.74. The smallest absolute Gasteiger partial charge is 0.175 e. The molecule has 0 spiro atoms. The number of nitrogens with zero attached hydrogens (tertiary/aromatic N) is 1. The topological polar surface area (TPSA) is 68.3 Å². The number of nitriles is 1. The van der Waals surface area contributed by atoms with Crippen LogP contribution >= 0.6 is 15.9 Å². The van der Waals surface area contributed by atoms with Gasteiger partial charge in [0, 0.05) is 6.04 Å². The van der Waals surface area contributed by atoms with Crippen molar-refractivity contribution in [2.45, 2.75) is 39.7 Å². The molecule has 0 bridgehead atoms. The van der Waals surface area contributed by atoms with Crippen LogP contribution in [0.1, 0.15) is 32.8 Å². The first-order valence-electron chi connectivity index (χ1n) is 6.95. The van der Waals surface area contributed by atoms with Crippen LogP contribution in [0.25, 0.3) is 0 Å². The van der Waals surface area contributed by atoms with Gasteiger partial charge in [0.1, 0.15) is 0 Å². The third-order valence-electron chi connectivity index (χ3n) is 3.12. The summed E-state index contributed by atoms with van der Waals surface area (Å²) < 4.78 is 12.0. The van der Waals surface area contributed by atoms with Gasteiger partial charge in [-0.15, -0.1) is 0 Å². The molecule has 116 valence electrons. The van der Waals surface area contributed by atoms with Gasteiger partial charge in [0.25, 0.3) is 0 Å². The molecule has 1 atom stereocenters. The Labute approximate surface area is 135 Å². The summed E-state index contributed by atoms with van der Waals surface area (Å²) in [6.45, 7) is 6.22. The van der Waals surface area contributed by atoms with Crippen molar-refractivity contribution in [2.24, 2.45) is 11.1 Å². The van der Waals surface area contributed by atoms with E-state index in [0.29, 0.717) is 24.5 Å². The molecule has 5 heteroatoms. The molecule has 0 radical (unpaired) electrons. The van der Waals surface area contributed by atoms with Gasteiger partial charge in [-0.3, -0.25) is 0 Å². The molecule has 4 nitrogen and oxygen atoms in total. The van der Waals surface area contributed by atoms with Gasteiger partial charge in [-0.1, -0.05) is 0 Å². The maximum absolute atomic E-state index is 9.02. The summed E-state index contributed by atoms with van der Waals surface area (Å²) >= 11 is 3.52. The molecular formula is C16H23BrN2O2. The predicted octanol–water partition coefficient (Wildman–Crippen LogP) is 3.67. The van der Waals surface area contributed by atoms with Crippen molar-refractivity contribution in [3.8, 4) is 17.6 Å². The minimum Gasteiger partial charge on any atom is -0.493 e. The van der Waals surface area contributed by atoms with E-state index in [9.17, 15) is 0 Å². The Morgan fingerprint density at radius 1 is 1.43 bits per heavy atom. The first-order chi connectivity index (χ1) is 9.79. The number of hydrogen-bond acceptors (Lipinski definition) is 4. The number of methoxy groups -OCH3 is 1. The van der Waals surface area contributed by atoms with E-state index in [-0.39, 0.29) is 6.04 Å². The fraction of sp³-hybridized carbons (Fsp3) is 0.562. The van der Waals surface area contributed by atoms with Crippen molar-refractivity contribution in [3.05, 3.63) is 22.2 Å². The zero-order valence-corrected chi connectivity index (χ0v) is 14.7. The summed E-state index contributed by atoms with van der Waals surface area (Å²) in [5.41, 5.74) is 6.53. The van der Waals surface area contributed by atoms with Gasteiger partial charge in [-0.25, -0.2) is 0 Å². The molecule has 0 saturated heterocycles. The van der Waals surface area contributed by atoms with Crippen molar-refractivity contribution in [1.82, 2.24) is 0 Å².